The molecule has 0 aliphatic rings. The van der Waals surface area contributed by atoms with Crippen molar-refractivity contribution in [3.8, 4) is 11.5 Å². The SMILES string of the molecule is CN[C@@H](CC(=O)N[C@@H](CSCC(N)=O)C(=O)N[C@H](C(=O)N[C@H](C(=O)N[C@H](C(=O)N[C@H](C=O)CCCN=C(N)N)[C@@H](C)O)[C@@H](C)O)[C@@H](C)O)C(=O)N[C@@H](Cc1ccc(O)cc1)C(=O)NC(Cc1ccc(O)cc1)C(=O)N[C@@H](CCCN=C(N)N)C(=O)NCC(=O)NCC=O. The molecule has 0 radical (unpaired) electrons. The number of aliphatic hydroxyl groups is 3. The molecule has 93 heavy (non-hydrogen) atoms. The largest absolute Gasteiger partial charge is 0.508 e. The molecule has 12 atom stereocenters. The van der Waals surface area contributed by atoms with E-state index in [0.29, 0.717) is 23.7 Å². The van der Waals surface area contributed by atoms with E-state index in [2.05, 4.69) is 68.5 Å². The molecule has 0 aliphatic heterocycles. The fraction of sp³-hybridized carbons (Fsp3) is 0.518. The van der Waals surface area contributed by atoms with Crippen molar-refractivity contribution in [1.29, 1.82) is 0 Å². The maximum Gasteiger partial charge on any atom is 0.245 e. The molecule has 2 aromatic rings. The first-order valence-electron chi connectivity index (χ1n) is 29.0. The van der Waals surface area contributed by atoms with Gasteiger partial charge in [0.15, 0.2) is 11.9 Å². The number of nitrogens with two attached hydrogens (primary N) is 5. The number of amides is 11. The number of benzene rings is 2. The van der Waals surface area contributed by atoms with Gasteiger partial charge in [0.2, 0.25) is 65.0 Å². The summed E-state index contributed by atoms with van der Waals surface area (Å²) in [5, 5.41) is 78.3. The Hall–Kier alpha value is -9.72. The second-order valence-corrected chi connectivity index (χ2v) is 22.1. The number of guanidine groups is 2. The van der Waals surface area contributed by atoms with Crippen LogP contribution in [0.1, 0.15) is 64.0 Å². The van der Waals surface area contributed by atoms with E-state index in [1.165, 1.54) is 55.6 Å². The summed E-state index contributed by atoms with van der Waals surface area (Å²) < 4.78 is 0. The molecule has 36 nitrogen and oxygen atoms in total. The van der Waals surface area contributed by atoms with Crippen molar-refractivity contribution in [3.63, 3.8) is 0 Å². The third-order valence-corrected chi connectivity index (χ3v) is 14.3. The average molecular weight is 1330 g/mol. The quantitative estimate of drug-likeness (QED) is 0.0127. The lowest BCUT2D eigenvalue weighted by molar-refractivity contribution is -0.138. The smallest absolute Gasteiger partial charge is 0.245 e. The molecule has 0 bridgehead atoms. The fourth-order valence-corrected chi connectivity index (χ4v) is 9.19. The van der Waals surface area contributed by atoms with E-state index in [-0.39, 0.29) is 81.6 Å². The van der Waals surface area contributed by atoms with Crippen LogP contribution in [-0.4, -0.2) is 232 Å². The van der Waals surface area contributed by atoms with Crippen molar-refractivity contribution in [2.75, 3.05) is 44.7 Å². The molecule has 0 saturated heterocycles. The monoisotopic (exact) mass is 1330 g/mol. The number of carbonyl (C=O) groups excluding carboxylic acids is 13. The van der Waals surface area contributed by atoms with Gasteiger partial charge in [-0.25, -0.2) is 0 Å². The highest BCUT2D eigenvalue weighted by Crippen LogP contribution is 2.16. The van der Waals surface area contributed by atoms with Gasteiger partial charge in [0, 0.05) is 31.7 Å². The van der Waals surface area contributed by atoms with Gasteiger partial charge in [0.25, 0.3) is 0 Å². The van der Waals surface area contributed by atoms with E-state index in [9.17, 15) is 87.9 Å². The Morgan fingerprint density at radius 3 is 1.34 bits per heavy atom. The molecular formula is C56H86N18O18S. The van der Waals surface area contributed by atoms with E-state index in [4.69, 9.17) is 28.7 Å². The summed E-state index contributed by atoms with van der Waals surface area (Å²) in [5.41, 5.74) is 27.6. The minimum absolute atomic E-state index is 0.0112. The molecule has 0 heterocycles. The van der Waals surface area contributed by atoms with Crippen LogP contribution in [0.5, 0.6) is 11.5 Å². The number of carbonyl (C=O) groups is 13. The van der Waals surface area contributed by atoms with Gasteiger partial charge >= 0.3 is 0 Å². The highest BCUT2D eigenvalue weighted by Gasteiger charge is 2.38. The normalized spacial score (nSPS) is 14.7. The van der Waals surface area contributed by atoms with Crippen molar-refractivity contribution in [3.05, 3.63) is 59.7 Å². The van der Waals surface area contributed by atoms with Crippen molar-refractivity contribution >= 4 is 101 Å². The standard InChI is InChI=1S/C56H86N18O18S/c1-28(77)44(52(90)67-33(25-76)7-5-17-64-55(58)59)73-54(92)46(30(3)79)74-53(91)45(29(2)78)72-51(89)40(26-93-27-41(57)82)68-42(83)23-37(62-4)48(86)70-39(22-32-11-15-35(81)16-12-32)50(88)71-38(21-31-9-13-34(80)14-10-31)49(87)69-36(8-6-18-65-56(60)61)47(85)66-24-43(84)63-19-20-75/h9-16,20,25,28-30,33,36-40,44-46,62,77-81H,5-8,17-19,21-24,26-27H2,1-4H3,(H2,57,82)(H,63,84)(H,66,85)(H,67,90)(H,68,83)(H,69,87)(H,70,86)(H,71,88)(H,72,89)(H,73,92)(H,74,91)(H4,58,59,64)(H4,60,61,65)/t28-,29-,30-,33+,36+,37+,38?,39+,40+,44+,45+,46+/m1/s1. The second kappa shape index (κ2) is 41.6. The summed E-state index contributed by atoms with van der Waals surface area (Å²) in [6.07, 6.45) is -5.39. The van der Waals surface area contributed by atoms with Crippen LogP contribution in [0.3, 0.4) is 0 Å². The summed E-state index contributed by atoms with van der Waals surface area (Å²) in [6.45, 7) is 2.44. The van der Waals surface area contributed by atoms with Gasteiger partial charge in [-0.1, -0.05) is 24.3 Å². The van der Waals surface area contributed by atoms with Crippen molar-refractivity contribution < 1.29 is 87.9 Å². The molecule has 2 rings (SSSR count). The summed E-state index contributed by atoms with van der Waals surface area (Å²) in [7, 11) is 1.27. The number of primary amides is 1. The highest BCUT2D eigenvalue weighted by molar-refractivity contribution is 8.00. The number of hydrogen-bond donors (Lipinski definition) is 21. The molecule has 514 valence electrons. The predicted molar refractivity (Wildman–Crippen MR) is 336 cm³/mol. The van der Waals surface area contributed by atoms with Crippen molar-refractivity contribution in [2.24, 2.45) is 38.7 Å². The zero-order chi connectivity index (χ0) is 69.9. The molecule has 37 heteroatoms. The summed E-state index contributed by atoms with van der Waals surface area (Å²) in [4.78, 5) is 179. The van der Waals surface area contributed by atoms with Gasteiger partial charge in [0.1, 0.15) is 66.4 Å². The van der Waals surface area contributed by atoms with Crippen LogP contribution in [0.4, 0.5) is 0 Å². The topological polar surface area (TPSA) is 610 Å². The Morgan fingerprint density at radius 1 is 0.505 bits per heavy atom. The number of likely N-dealkylation sites (N-methyl/N-ethyl adjacent to an activating group) is 1. The van der Waals surface area contributed by atoms with E-state index in [1.54, 1.807) is 0 Å². The summed E-state index contributed by atoms with van der Waals surface area (Å²) in [6, 6.07) is -3.54. The Balaban J connectivity index is 2.46. The third-order valence-electron chi connectivity index (χ3n) is 13.3. The number of rotatable bonds is 43. The van der Waals surface area contributed by atoms with Crippen molar-refractivity contribution in [2.45, 2.75) is 138 Å². The summed E-state index contributed by atoms with van der Waals surface area (Å²) in [5.74, 6) is -12.7. The number of phenolic OH excluding ortho intramolecular Hbond substituents is 2. The second-order valence-electron chi connectivity index (χ2n) is 21.1. The number of phenols is 2. The van der Waals surface area contributed by atoms with Crippen LogP contribution in [0.25, 0.3) is 0 Å². The fourth-order valence-electron chi connectivity index (χ4n) is 8.40. The maximum atomic E-state index is 14.6. The van der Waals surface area contributed by atoms with Gasteiger partial charge in [-0.3, -0.25) is 62.7 Å². The van der Waals surface area contributed by atoms with Crippen LogP contribution in [0.15, 0.2) is 58.5 Å². The van der Waals surface area contributed by atoms with Gasteiger partial charge in [-0.2, -0.15) is 0 Å². The Bertz CT molecular complexity index is 2910. The first kappa shape index (κ1) is 79.4. The number of aliphatic imine (C=N–C) groups is 2. The Labute approximate surface area is 538 Å². The lowest BCUT2D eigenvalue weighted by Crippen LogP contribution is -2.64. The number of aromatic hydroxyl groups is 2. The van der Waals surface area contributed by atoms with Crippen molar-refractivity contribution in [1.82, 2.24) is 58.5 Å². The first-order valence-corrected chi connectivity index (χ1v) is 30.1. The molecule has 26 N–H and O–H groups in total. The van der Waals surface area contributed by atoms with Gasteiger partial charge in [-0.05, 0) is 88.9 Å². The lowest BCUT2D eigenvalue weighted by Gasteiger charge is -2.29. The zero-order valence-corrected chi connectivity index (χ0v) is 52.4. The third kappa shape index (κ3) is 30.8. The average Bonchev–Trinajstić information content (AvgIpc) is 0.992. The molecular weight excluding hydrogens is 1240 g/mol. The number of thioether (sulfide) groups is 1. The van der Waals surface area contributed by atoms with Crippen LogP contribution in [0, 0.1) is 0 Å². The van der Waals surface area contributed by atoms with E-state index in [0.717, 1.165) is 32.5 Å². The van der Waals surface area contributed by atoms with Gasteiger partial charge in [-0.15, -0.1) is 11.8 Å². The molecule has 0 aromatic heterocycles. The molecule has 11 amide bonds. The minimum atomic E-state index is -1.96. The molecule has 0 fully saturated rings. The number of aldehydes is 2. The number of aliphatic hydroxyl groups excluding tert-OH is 3. The van der Waals surface area contributed by atoms with E-state index < -0.39 is 162 Å². The van der Waals surface area contributed by atoms with Crippen LogP contribution >= 0.6 is 11.8 Å². The van der Waals surface area contributed by atoms with Gasteiger partial charge < -0.3 is 122 Å². The van der Waals surface area contributed by atoms with E-state index >= 15 is 0 Å². The highest BCUT2D eigenvalue weighted by atomic mass is 32.2. The molecule has 0 spiro atoms. The number of hydrogen-bond acceptors (Lipinski definition) is 22. The summed E-state index contributed by atoms with van der Waals surface area (Å²) >= 11 is 0.752. The van der Waals surface area contributed by atoms with Gasteiger partial charge in [0.05, 0.1) is 55.7 Å². The zero-order valence-electron chi connectivity index (χ0n) is 51.6. The first-order chi connectivity index (χ1) is 43.9. The Morgan fingerprint density at radius 2 is 0.925 bits per heavy atom. The van der Waals surface area contributed by atoms with Crippen LogP contribution in [0.2, 0.25) is 0 Å². The number of nitrogens with zero attached hydrogens (tertiary/aromatic N) is 2. The molecule has 1 unspecified atom stereocenters. The predicted octanol–water partition coefficient (Wildman–Crippen LogP) is -9.16. The Kier molecular flexibility index (Phi) is 35.5. The molecule has 2 aromatic carbocycles. The van der Waals surface area contributed by atoms with E-state index in [1.807, 2.05) is 0 Å². The molecule has 0 aliphatic carbocycles. The number of nitrogens with one attached hydrogen (secondary N) is 11. The minimum Gasteiger partial charge on any atom is -0.508 e. The maximum absolute atomic E-state index is 14.6. The van der Waals surface area contributed by atoms with Crippen LogP contribution < -0.4 is 87.2 Å². The van der Waals surface area contributed by atoms with Crippen LogP contribution in [-0.2, 0) is 75.2 Å². The lowest BCUT2D eigenvalue weighted by atomic mass is 10.0. The molecule has 0 saturated carbocycles.